The molecule has 1 heteroatoms. The third kappa shape index (κ3) is 8.49. The first-order valence-corrected chi connectivity index (χ1v) is 7.97. The lowest BCUT2D eigenvalue weighted by Crippen LogP contribution is -1.98. The van der Waals surface area contributed by atoms with Gasteiger partial charge in [-0.15, -0.1) is 0 Å². The number of Topliss-reactive ketones (excluding diaryl/α,β-unsaturated/α-hetero) is 1. The van der Waals surface area contributed by atoms with Crippen molar-refractivity contribution in [2.45, 2.75) is 89.9 Å². The normalized spacial score (nSPS) is 22.9. The average molecular weight is 250 g/mol. The second-order valence-electron chi connectivity index (χ2n) is 5.82. The third-order valence-corrected chi connectivity index (χ3v) is 3.97. The van der Waals surface area contributed by atoms with Crippen molar-refractivity contribution in [3.05, 3.63) is 12.2 Å². The molecule has 1 nitrogen and oxygen atoms in total. The highest BCUT2D eigenvalue weighted by molar-refractivity contribution is 5.78. The average Bonchev–Trinajstić information content (AvgIpc) is 2.35. The molecule has 0 aromatic carbocycles. The molecule has 0 amide bonds. The molecule has 1 fully saturated rings. The molecule has 1 aliphatic carbocycles. The van der Waals surface area contributed by atoms with Crippen molar-refractivity contribution in [1.82, 2.24) is 0 Å². The molecule has 104 valence electrons. The maximum atomic E-state index is 11.6. The number of carbonyl (C=O) groups excluding carboxylic acids is 1. The van der Waals surface area contributed by atoms with Gasteiger partial charge in [-0.2, -0.15) is 0 Å². The van der Waals surface area contributed by atoms with E-state index >= 15 is 0 Å². The molecule has 1 rings (SSSR count). The van der Waals surface area contributed by atoms with Crippen LogP contribution in [0.25, 0.3) is 0 Å². The predicted molar refractivity (Wildman–Crippen MR) is 78.8 cm³/mol. The van der Waals surface area contributed by atoms with Gasteiger partial charge in [-0.05, 0) is 38.5 Å². The van der Waals surface area contributed by atoms with E-state index in [0.717, 1.165) is 25.7 Å². The minimum absolute atomic E-state index is 0.492. The van der Waals surface area contributed by atoms with Gasteiger partial charge in [0.15, 0.2) is 0 Å². The molecule has 0 aromatic rings. The molecular formula is C17H30O. The van der Waals surface area contributed by atoms with E-state index in [1.54, 1.807) is 0 Å². The van der Waals surface area contributed by atoms with Crippen LogP contribution >= 0.6 is 0 Å². The van der Waals surface area contributed by atoms with Gasteiger partial charge in [0, 0.05) is 12.8 Å². The van der Waals surface area contributed by atoms with Gasteiger partial charge >= 0.3 is 0 Å². The first-order chi connectivity index (χ1) is 8.79. The largest absolute Gasteiger partial charge is 0.300 e. The van der Waals surface area contributed by atoms with E-state index in [0.29, 0.717) is 5.78 Å². The smallest absolute Gasteiger partial charge is 0.132 e. The summed E-state index contributed by atoms with van der Waals surface area (Å²) in [5, 5.41) is 0. The Morgan fingerprint density at radius 2 is 0.889 bits per heavy atom. The highest BCUT2D eigenvalue weighted by Crippen LogP contribution is 2.17. The second-order valence-corrected chi connectivity index (χ2v) is 5.82. The maximum absolute atomic E-state index is 11.6. The number of hydrogen-bond donors (Lipinski definition) is 0. The van der Waals surface area contributed by atoms with Crippen molar-refractivity contribution < 1.29 is 4.79 Å². The molecular weight excluding hydrogens is 220 g/mol. The lowest BCUT2D eigenvalue weighted by atomic mass is 9.99. The van der Waals surface area contributed by atoms with Crippen molar-refractivity contribution >= 4 is 5.78 Å². The highest BCUT2D eigenvalue weighted by Gasteiger charge is 2.03. The molecule has 18 heavy (non-hydrogen) atoms. The Morgan fingerprint density at radius 3 is 1.33 bits per heavy atom. The Labute approximate surface area is 113 Å². The molecule has 0 atom stereocenters. The molecule has 0 heterocycles. The van der Waals surface area contributed by atoms with Gasteiger partial charge < -0.3 is 0 Å². The third-order valence-electron chi connectivity index (χ3n) is 3.97. The maximum Gasteiger partial charge on any atom is 0.132 e. The molecule has 0 N–H and O–H groups in total. The summed E-state index contributed by atoms with van der Waals surface area (Å²) < 4.78 is 0. The monoisotopic (exact) mass is 250 g/mol. The SMILES string of the molecule is C=C1CCCCCCCCC(=O)CCCCCC1. The van der Waals surface area contributed by atoms with Crippen LogP contribution in [-0.4, -0.2) is 5.78 Å². The minimum atomic E-state index is 0.492. The fourth-order valence-electron chi connectivity index (χ4n) is 2.70. The summed E-state index contributed by atoms with van der Waals surface area (Å²) in [6.07, 6.45) is 16.6. The predicted octanol–water partition coefficient (Wildman–Crippen LogP) is 5.59. The van der Waals surface area contributed by atoms with Gasteiger partial charge in [0.05, 0.1) is 0 Å². The first-order valence-electron chi connectivity index (χ1n) is 7.97. The summed E-state index contributed by atoms with van der Waals surface area (Å²) in [6.45, 7) is 4.18. The molecule has 0 spiro atoms. The van der Waals surface area contributed by atoms with E-state index in [1.807, 2.05) is 0 Å². The first kappa shape index (κ1) is 15.5. The Morgan fingerprint density at radius 1 is 0.556 bits per heavy atom. The number of carbonyl (C=O) groups is 1. The Hall–Kier alpha value is -0.590. The molecule has 0 saturated heterocycles. The van der Waals surface area contributed by atoms with Crippen LogP contribution in [0.1, 0.15) is 89.9 Å². The Bertz CT molecular complexity index is 216. The lowest BCUT2D eigenvalue weighted by molar-refractivity contribution is -0.119. The fourth-order valence-corrected chi connectivity index (χ4v) is 2.70. The van der Waals surface area contributed by atoms with Crippen LogP contribution in [0.15, 0.2) is 12.2 Å². The number of allylic oxidation sites excluding steroid dienone is 1. The summed E-state index contributed by atoms with van der Waals surface area (Å²) in [5.41, 5.74) is 1.44. The van der Waals surface area contributed by atoms with Crippen LogP contribution in [0.2, 0.25) is 0 Å². The zero-order valence-electron chi connectivity index (χ0n) is 12.0. The van der Waals surface area contributed by atoms with Crippen LogP contribution in [0.5, 0.6) is 0 Å². The van der Waals surface area contributed by atoms with E-state index in [-0.39, 0.29) is 0 Å². The van der Waals surface area contributed by atoms with E-state index in [1.165, 1.54) is 69.8 Å². The number of ketones is 1. The highest BCUT2D eigenvalue weighted by atomic mass is 16.1. The van der Waals surface area contributed by atoms with Gasteiger partial charge in [-0.25, -0.2) is 0 Å². The molecule has 0 radical (unpaired) electrons. The van der Waals surface area contributed by atoms with Crippen LogP contribution in [0.4, 0.5) is 0 Å². The summed E-state index contributed by atoms with van der Waals surface area (Å²) in [6, 6.07) is 0. The molecule has 0 bridgehead atoms. The zero-order valence-corrected chi connectivity index (χ0v) is 12.0. The standard InChI is InChI=1S/C17H30O/c1-16-12-8-4-2-3-5-10-14-17(18)15-11-7-6-9-13-16/h1-15H2. The molecule has 0 aromatic heterocycles. The number of hydrogen-bond acceptors (Lipinski definition) is 1. The summed E-state index contributed by atoms with van der Waals surface area (Å²) in [4.78, 5) is 11.6. The molecule has 0 aliphatic heterocycles. The van der Waals surface area contributed by atoms with Crippen LogP contribution in [0.3, 0.4) is 0 Å². The molecule has 0 unspecified atom stereocenters. The topological polar surface area (TPSA) is 17.1 Å². The second kappa shape index (κ2) is 10.3. The van der Waals surface area contributed by atoms with Gasteiger partial charge in [0.2, 0.25) is 0 Å². The van der Waals surface area contributed by atoms with E-state index in [4.69, 9.17) is 0 Å². The van der Waals surface area contributed by atoms with Gasteiger partial charge in [-0.3, -0.25) is 4.79 Å². The summed E-state index contributed by atoms with van der Waals surface area (Å²) in [5.74, 6) is 0.492. The van der Waals surface area contributed by atoms with Crippen LogP contribution in [0, 0.1) is 0 Å². The Balaban J connectivity index is 2.21. The Kier molecular flexibility index (Phi) is 8.89. The van der Waals surface area contributed by atoms with Gasteiger partial charge in [0.1, 0.15) is 5.78 Å². The number of rotatable bonds is 0. The van der Waals surface area contributed by atoms with Crippen molar-refractivity contribution in [2.75, 3.05) is 0 Å². The van der Waals surface area contributed by atoms with Crippen molar-refractivity contribution in [3.8, 4) is 0 Å². The van der Waals surface area contributed by atoms with Crippen molar-refractivity contribution in [2.24, 2.45) is 0 Å². The van der Waals surface area contributed by atoms with Crippen LogP contribution < -0.4 is 0 Å². The van der Waals surface area contributed by atoms with Crippen molar-refractivity contribution in [3.63, 3.8) is 0 Å². The van der Waals surface area contributed by atoms with Gasteiger partial charge in [0.25, 0.3) is 0 Å². The fraction of sp³-hybridized carbons (Fsp3) is 0.824. The van der Waals surface area contributed by atoms with Gasteiger partial charge in [-0.1, -0.05) is 50.7 Å². The summed E-state index contributed by atoms with van der Waals surface area (Å²) >= 11 is 0. The van der Waals surface area contributed by atoms with Crippen LogP contribution in [-0.2, 0) is 4.79 Å². The van der Waals surface area contributed by atoms with E-state index in [9.17, 15) is 4.79 Å². The molecule has 1 saturated carbocycles. The lowest BCUT2D eigenvalue weighted by Gasteiger charge is -2.07. The van der Waals surface area contributed by atoms with Crippen molar-refractivity contribution in [1.29, 1.82) is 0 Å². The molecule has 1 aliphatic rings. The van der Waals surface area contributed by atoms with E-state index in [2.05, 4.69) is 6.58 Å². The summed E-state index contributed by atoms with van der Waals surface area (Å²) in [7, 11) is 0. The minimum Gasteiger partial charge on any atom is -0.300 e. The van der Waals surface area contributed by atoms with E-state index < -0.39 is 0 Å². The zero-order chi connectivity index (χ0) is 13.1. The quantitative estimate of drug-likeness (QED) is 0.512.